The molecule has 1 aromatic carbocycles. The minimum atomic E-state index is -0.274. The Morgan fingerprint density at radius 3 is 2.84 bits per heavy atom. The number of carbonyl (C=O) groups is 1. The highest BCUT2D eigenvalue weighted by molar-refractivity contribution is 5.79. The number of amides is 1. The fourth-order valence-corrected chi connectivity index (χ4v) is 3.77. The molecule has 2 heterocycles. The van der Waals surface area contributed by atoms with Gasteiger partial charge < -0.3 is 9.30 Å². The van der Waals surface area contributed by atoms with Gasteiger partial charge in [0.2, 0.25) is 5.91 Å². The maximum Gasteiger partial charge on any atom is 0.226 e. The first-order valence-corrected chi connectivity index (χ1v) is 8.70. The fraction of sp³-hybridized carbons (Fsp3) is 0.286. The van der Waals surface area contributed by atoms with E-state index in [4.69, 9.17) is 0 Å². The highest BCUT2D eigenvalue weighted by atomic mass is 19.1. The highest BCUT2D eigenvalue weighted by Crippen LogP contribution is 2.27. The lowest BCUT2D eigenvalue weighted by Gasteiger charge is -2.31. The first kappa shape index (κ1) is 15.9. The molecule has 0 N–H and O–H groups in total. The lowest BCUT2D eigenvalue weighted by atomic mass is 9.92. The number of hydrogen-bond donors (Lipinski definition) is 0. The third-order valence-electron chi connectivity index (χ3n) is 5.26. The standard InChI is InChI=1S/C21H21FN2O/c1-23(21(25)12-15-5-8-17(22)9-6-15)18-10-7-16-13-19-4-2-3-11-24(19)20(16)14-18/h2-6,8-9,11,13,18H,7,10,12,14H2,1H3/t18-/m1/s1. The van der Waals surface area contributed by atoms with Gasteiger partial charge in [0.1, 0.15) is 5.82 Å². The summed E-state index contributed by atoms with van der Waals surface area (Å²) in [5, 5.41) is 0. The molecular weight excluding hydrogens is 315 g/mol. The summed E-state index contributed by atoms with van der Waals surface area (Å²) in [5.41, 5.74) is 4.77. The topological polar surface area (TPSA) is 24.7 Å². The van der Waals surface area contributed by atoms with Crippen molar-refractivity contribution in [2.45, 2.75) is 31.7 Å². The van der Waals surface area contributed by atoms with E-state index < -0.39 is 0 Å². The van der Waals surface area contributed by atoms with Crippen LogP contribution in [0.4, 0.5) is 4.39 Å². The smallest absolute Gasteiger partial charge is 0.226 e. The summed E-state index contributed by atoms with van der Waals surface area (Å²) in [4.78, 5) is 14.5. The van der Waals surface area contributed by atoms with Crippen LogP contribution in [0.3, 0.4) is 0 Å². The predicted octanol–water partition coefficient (Wildman–Crippen LogP) is 3.64. The molecule has 0 saturated heterocycles. The van der Waals surface area contributed by atoms with E-state index in [1.807, 2.05) is 18.0 Å². The van der Waals surface area contributed by atoms with Gasteiger partial charge in [-0.1, -0.05) is 18.2 Å². The van der Waals surface area contributed by atoms with Gasteiger partial charge >= 0.3 is 0 Å². The van der Waals surface area contributed by atoms with Gasteiger partial charge in [0.15, 0.2) is 0 Å². The molecule has 3 aromatic rings. The van der Waals surface area contributed by atoms with Crippen LogP contribution in [0.1, 0.15) is 23.2 Å². The summed E-state index contributed by atoms with van der Waals surface area (Å²) < 4.78 is 15.2. The normalized spacial score (nSPS) is 16.6. The van der Waals surface area contributed by atoms with Gasteiger partial charge in [-0.25, -0.2) is 4.39 Å². The average molecular weight is 336 g/mol. The number of pyridine rings is 1. The summed E-state index contributed by atoms with van der Waals surface area (Å²) in [6.45, 7) is 0. The number of fused-ring (bicyclic) bond motifs is 3. The SMILES string of the molecule is CN(C(=O)Cc1ccc(F)cc1)[C@@H]1CCc2cc3ccccn3c2C1. The second-order valence-electron chi connectivity index (χ2n) is 6.82. The maximum atomic E-state index is 13.0. The number of carbonyl (C=O) groups excluding carboxylic acids is 1. The number of nitrogens with zero attached hydrogens (tertiary/aromatic N) is 2. The van der Waals surface area contributed by atoms with Gasteiger partial charge in [-0.15, -0.1) is 0 Å². The zero-order valence-electron chi connectivity index (χ0n) is 14.3. The molecular formula is C21H21FN2O. The molecule has 0 aliphatic heterocycles. The van der Waals surface area contributed by atoms with Crippen molar-refractivity contribution in [2.24, 2.45) is 0 Å². The van der Waals surface area contributed by atoms with Crippen molar-refractivity contribution in [1.29, 1.82) is 0 Å². The van der Waals surface area contributed by atoms with Crippen LogP contribution in [0.5, 0.6) is 0 Å². The summed E-state index contributed by atoms with van der Waals surface area (Å²) >= 11 is 0. The average Bonchev–Trinajstić information content (AvgIpc) is 3.01. The molecule has 0 unspecified atom stereocenters. The van der Waals surface area contributed by atoms with Crippen molar-refractivity contribution >= 4 is 11.4 Å². The van der Waals surface area contributed by atoms with Gasteiger partial charge in [-0.3, -0.25) is 4.79 Å². The van der Waals surface area contributed by atoms with Gasteiger partial charge in [0, 0.05) is 36.9 Å². The second kappa shape index (κ2) is 6.36. The van der Waals surface area contributed by atoms with Crippen LogP contribution in [0, 0.1) is 5.82 Å². The second-order valence-corrected chi connectivity index (χ2v) is 6.82. The largest absolute Gasteiger partial charge is 0.342 e. The monoisotopic (exact) mass is 336 g/mol. The van der Waals surface area contributed by atoms with Crippen LogP contribution in [-0.2, 0) is 24.1 Å². The minimum absolute atomic E-state index is 0.0842. The molecule has 25 heavy (non-hydrogen) atoms. The van der Waals surface area contributed by atoms with Crippen molar-refractivity contribution in [2.75, 3.05) is 7.05 Å². The van der Waals surface area contributed by atoms with E-state index >= 15 is 0 Å². The molecule has 0 bridgehead atoms. The van der Waals surface area contributed by atoms with Crippen LogP contribution in [0.15, 0.2) is 54.7 Å². The lowest BCUT2D eigenvalue weighted by molar-refractivity contribution is -0.131. The van der Waals surface area contributed by atoms with Crippen molar-refractivity contribution in [3.63, 3.8) is 0 Å². The highest BCUT2D eigenvalue weighted by Gasteiger charge is 2.27. The molecule has 0 fully saturated rings. The first-order valence-electron chi connectivity index (χ1n) is 8.70. The Labute approximate surface area is 146 Å². The summed E-state index contributed by atoms with van der Waals surface area (Å²) in [6, 6.07) is 14.9. The number of likely N-dealkylation sites (N-methyl/N-ethyl adjacent to an activating group) is 1. The Morgan fingerprint density at radius 2 is 2.04 bits per heavy atom. The molecule has 3 nitrogen and oxygen atoms in total. The van der Waals surface area contributed by atoms with Gasteiger partial charge in [0.05, 0.1) is 6.42 Å². The lowest BCUT2D eigenvalue weighted by Crippen LogP contribution is -2.41. The summed E-state index contributed by atoms with van der Waals surface area (Å²) in [5.74, 6) is -0.189. The van der Waals surface area contributed by atoms with E-state index in [1.54, 1.807) is 12.1 Å². The maximum absolute atomic E-state index is 13.0. The van der Waals surface area contributed by atoms with Crippen molar-refractivity contribution in [1.82, 2.24) is 9.30 Å². The van der Waals surface area contributed by atoms with Crippen LogP contribution in [0.25, 0.3) is 5.52 Å². The number of halogens is 1. The Bertz CT molecular complexity index is 913. The molecule has 0 radical (unpaired) electrons. The Kier molecular flexibility index (Phi) is 4.04. The van der Waals surface area contributed by atoms with Crippen molar-refractivity contribution < 1.29 is 9.18 Å². The van der Waals surface area contributed by atoms with E-state index in [-0.39, 0.29) is 17.8 Å². The quantitative estimate of drug-likeness (QED) is 0.717. The van der Waals surface area contributed by atoms with Crippen molar-refractivity contribution in [3.8, 4) is 0 Å². The summed E-state index contributed by atoms with van der Waals surface area (Å²) in [6.07, 6.45) is 5.26. The van der Waals surface area contributed by atoms with Crippen LogP contribution < -0.4 is 0 Å². The van der Waals surface area contributed by atoms with Crippen LogP contribution >= 0.6 is 0 Å². The zero-order chi connectivity index (χ0) is 17.4. The van der Waals surface area contributed by atoms with Gasteiger partial charge in [-0.2, -0.15) is 0 Å². The fourth-order valence-electron chi connectivity index (χ4n) is 3.77. The molecule has 4 rings (SSSR count). The van der Waals surface area contributed by atoms with E-state index in [1.165, 1.54) is 28.9 Å². The molecule has 2 aromatic heterocycles. The molecule has 1 atom stereocenters. The van der Waals surface area contributed by atoms with E-state index in [2.05, 4.69) is 28.8 Å². The van der Waals surface area contributed by atoms with Crippen LogP contribution in [-0.4, -0.2) is 28.3 Å². The summed E-state index contributed by atoms with van der Waals surface area (Å²) in [7, 11) is 1.89. The van der Waals surface area contributed by atoms with E-state index in [0.29, 0.717) is 6.42 Å². The number of benzene rings is 1. The third-order valence-corrected chi connectivity index (χ3v) is 5.26. The van der Waals surface area contributed by atoms with E-state index in [0.717, 1.165) is 24.8 Å². The Balaban J connectivity index is 1.50. The van der Waals surface area contributed by atoms with Gasteiger partial charge in [-0.05, 0) is 54.3 Å². The number of aryl methyl sites for hydroxylation is 1. The molecule has 1 aliphatic rings. The minimum Gasteiger partial charge on any atom is -0.342 e. The number of aromatic nitrogens is 1. The predicted molar refractivity (Wildman–Crippen MR) is 96.1 cm³/mol. The Morgan fingerprint density at radius 1 is 1.24 bits per heavy atom. The van der Waals surface area contributed by atoms with Gasteiger partial charge in [0.25, 0.3) is 0 Å². The number of hydrogen-bond acceptors (Lipinski definition) is 1. The van der Waals surface area contributed by atoms with Crippen molar-refractivity contribution in [3.05, 3.63) is 77.4 Å². The Hall–Kier alpha value is -2.62. The zero-order valence-corrected chi connectivity index (χ0v) is 14.3. The molecule has 128 valence electrons. The van der Waals surface area contributed by atoms with E-state index in [9.17, 15) is 9.18 Å². The molecule has 4 heteroatoms. The molecule has 0 spiro atoms. The number of rotatable bonds is 3. The first-order chi connectivity index (χ1) is 12.1. The molecule has 1 aliphatic carbocycles. The molecule has 1 amide bonds. The third kappa shape index (κ3) is 3.04. The van der Waals surface area contributed by atoms with Crippen LogP contribution in [0.2, 0.25) is 0 Å². The molecule has 0 saturated carbocycles.